The second-order valence-corrected chi connectivity index (χ2v) is 4.66. The maximum atomic E-state index is 9.29. The van der Waals surface area contributed by atoms with Crippen molar-refractivity contribution in [2.45, 2.75) is 27.4 Å². The van der Waals surface area contributed by atoms with Gasteiger partial charge in [0, 0.05) is 18.4 Å². The average Bonchev–Trinajstić information content (AvgIpc) is 2.60. The van der Waals surface area contributed by atoms with E-state index in [-0.39, 0.29) is 6.61 Å². The zero-order chi connectivity index (χ0) is 12.6. The van der Waals surface area contributed by atoms with Crippen molar-refractivity contribution < 1.29 is 5.11 Å². The first-order chi connectivity index (χ1) is 8.04. The van der Waals surface area contributed by atoms with Gasteiger partial charge in [0.1, 0.15) is 0 Å². The summed E-state index contributed by atoms with van der Waals surface area (Å²) < 4.78 is 2.13. The smallest absolute Gasteiger partial charge is 0.0699 e. The highest BCUT2D eigenvalue weighted by Gasteiger charge is 2.10. The summed E-state index contributed by atoms with van der Waals surface area (Å²) in [6.07, 6.45) is 0. The highest BCUT2D eigenvalue weighted by Crippen LogP contribution is 2.26. The number of hydrogen-bond acceptors (Lipinski definition) is 1. The zero-order valence-electron chi connectivity index (χ0n) is 10.9. The second-order valence-electron chi connectivity index (χ2n) is 4.66. The number of aromatic nitrogens is 1. The molecule has 0 aliphatic carbocycles. The van der Waals surface area contributed by atoms with Gasteiger partial charge < -0.3 is 9.67 Å². The maximum absolute atomic E-state index is 9.29. The molecule has 0 saturated carbocycles. The van der Waals surface area contributed by atoms with Gasteiger partial charge in [0.2, 0.25) is 0 Å². The molecule has 17 heavy (non-hydrogen) atoms. The first-order valence-electron chi connectivity index (χ1n) is 5.88. The van der Waals surface area contributed by atoms with Crippen LogP contribution in [0, 0.1) is 20.8 Å². The summed E-state index contributed by atoms with van der Waals surface area (Å²) in [4.78, 5) is 0. The summed E-state index contributed by atoms with van der Waals surface area (Å²) in [5.41, 5.74) is 7.10. The number of rotatable bonds is 2. The molecule has 0 aliphatic heterocycles. The minimum Gasteiger partial charge on any atom is -0.392 e. The molecule has 0 saturated heterocycles. The molecule has 1 heterocycles. The Labute approximate surface area is 103 Å². The lowest BCUT2D eigenvalue weighted by Crippen LogP contribution is -1.95. The number of benzene rings is 1. The number of aliphatic hydroxyl groups excluding tert-OH is 1. The van der Waals surface area contributed by atoms with E-state index in [4.69, 9.17) is 0 Å². The number of hydrogen-bond donors (Lipinski definition) is 1. The standard InChI is InChI=1S/C15H19NO/c1-10-5-6-13(7-11(10)2)15-8-14(9-17)12(3)16(15)4/h5-8,17H,9H2,1-4H3. The highest BCUT2D eigenvalue weighted by molar-refractivity contribution is 5.64. The number of aryl methyl sites for hydroxylation is 2. The lowest BCUT2D eigenvalue weighted by molar-refractivity contribution is 0.281. The van der Waals surface area contributed by atoms with Crippen LogP contribution in [0.3, 0.4) is 0 Å². The van der Waals surface area contributed by atoms with Crippen LogP contribution in [-0.2, 0) is 13.7 Å². The number of aliphatic hydroxyl groups is 1. The molecule has 2 rings (SSSR count). The summed E-state index contributed by atoms with van der Waals surface area (Å²) in [6.45, 7) is 6.39. The summed E-state index contributed by atoms with van der Waals surface area (Å²) in [7, 11) is 2.04. The van der Waals surface area contributed by atoms with E-state index >= 15 is 0 Å². The van der Waals surface area contributed by atoms with Crippen LogP contribution in [0.15, 0.2) is 24.3 Å². The second kappa shape index (κ2) is 4.38. The summed E-state index contributed by atoms with van der Waals surface area (Å²) in [6, 6.07) is 8.55. The van der Waals surface area contributed by atoms with Gasteiger partial charge in [-0.05, 0) is 55.2 Å². The Morgan fingerprint density at radius 3 is 2.29 bits per heavy atom. The van der Waals surface area contributed by atoms with Gasteiger partial charge >= 0.3 is 0 Å². The van der Waals surface area contributed by atoms with E-state index in [1.54, 1.807) is 0 Å². The molecule has 90 valence electrons. The third-order valence-corrected chi connectivity index (χ3v) is 3.61. The third kappa shape index (κ3) is 2.01. The Hall–Kier alpha value is -1.54. The Morgan fingerprint density at radius 1 is 1.06 bits per heavy atom. The SMILES string of the molecule is Cc1ccc(-c2cc(CO)c(C)n2C)cc1C. The molecule has 0 unspecified atom stereocenters. The predicted octanol–water partition coefficient (Wildman–Crippen LogP) is 3.11. The fourth-order valence-corrected chi connectivity index (χ4v) is 2.10. The van der Waals surface area contributed by atoms with Crippen LogP contribution in [0.2, 0.25) is 0 Å². The highest BCUT2D eigenvalue weighted by atomic mass is 16.3. The number of nitrogens with zero attached hydrogens (tertiary/aromatic N) is 1. The normalized spacial score (nSPS) is 10.9. The van der Waals surface area contributed by atoms with E-state index in [0.717, 1.165) is 17.0 Å². The topological polar surface area (TPSA) is 25.2 Å². The van der Waals surface area contributed by atoms with Crippen LogP contribution < -0.4 is 0 Å². The molecule has 0 spiro atoms. The van der Waals surface area contributed by atoms with Crippen LogP contribution >= 0.6 is 0 Å². The summed E-state index contributed by atoms with van der Waals surface area (Å²) in [5.74, 6) is 0. The van der Waals surface area contributed by atoms with Crippen molar-refractivity contribution >= 4 is 0 Å². The predicted molar refractivity (Wildman–Crippen MR) is 71.0 cm³/mol. The van der Waals surface area contributed by atoms with Crippen LogP contribution in [-0.4, -0.2) is 9.67 Å². The minimum atomic E-state index is 0.102. The van der Waals surface area contributed by atoms with Crippen LogP contribution in [0.25, 0.3) is 11.3 Å². The van der Waals surface area contributed by atoms with Crippen LogP contribution in [0.1, 0.15) is 22.4 Å². The van der Waals surface area contributed by atoms with Crippen LogP contribution in [0.4, 0.5) is 0 Å². The Morgan fingerprint density at radius 2 is 1.76 bits per heavy atom. The fourth-order valence-electron chi connectivity index (χ4n) is 2.10. The van der Waals surface area contributed by atoms with Crippen molar-refractivity contribution in [1.82, 2.24) is 4.57 Å². The largest absolute Gasteiger partial charge is 0.392 e. The van der Waals surface area contributed by atoms with E-state index in [9.17, 15) is 5.11 Å². The van der Waals surface area contributed by atoms with E-state index in [2.05, 4.69) is 42.7 Å². The van der Waals surface area contributed by atoms with Crippen molar-refractivity contribution in [2.75, 3.05) is 0 Å². The van der Waals surface area contributed by atoms with Gasteiger partial charge in [-0.1, -0.05) is 12.1 Å². The van der Waals surface area contributed by atoms with Gasteiger partial charge in [-0.2, -0.15) is 0 Å². The Kier molecular flexibility index (Phi) is 3.07. The van der Waals surface area contributed by atoms with Gasteiger partial charge in [0.15, 0.2) is 0 Å². The van der Waals surface area contributed by atoms with Crippen molar-refractivity contribution in [3.05, 3.63) is 46.6 Å². The Bertz CT molecular complexity index is 552. The molecular formula is C15H19NO. The first kappa shape index (κ1) is 11.9. The molecule has 2 nitrogen and oxygen atoms in total. The van der Waals surface area contributed by atoms with Crippen molar-refractivity contribution in [1.29, 1.82) is 0 Å². The molecule has 2 heteroatoms. The van der Waals surface area contributed by atoms with Crippen molar-refractivity contribution in [2.24, 2.45) is 7.05 Å². The molecule has 0 radical (unpaired) electrons. The quantitative estimate of drug-likeness (QED) is 0.841. The molecule has 1 aromatic carbocycles. The molecule has 0 aliphatic rings. The van der Waals surface area contributed by atoms with Crippen molar-refractivity contribution in [3.63, 3.8) is 0 Å². The fraction of sp³-hybridized carbons (Fsp3) is 0.333. The molecule has 0 atom stereocenters. The van der Waals surface area contributed by atoms with Gasteiger partial charge in [0.05, 0.1) is 6.61 Å². The molecule has 0 fully saturated rings. The lowest BCUT2D eigenvalue weighted by atomic mass is 10.0. The minimum absolute atomic E-state index is 0.102. The summed E-state index contributed by atoms with van der Waals surface area (Å²) >= 11 is 0. The lowest BCUT2D eigenvalue weighted by Gasteiger charge is -2.07. The maximum Gasteiger partial charge on any atom is 0.0699 e. The molecule has 0 amide bonds. The van der Waals surface area contributed by atoms with E-state index in [0.29, 0.717) is 0 Å². The van der Waals surface area contributed by atoms with Gasteiger partial charge in [-0.3, -0.25) is 0 Å². The van der Waals surface area contributed by atoms with E-state index in [1.165, 1.54) is 16.7 Å². The zero-order valence-corrected chi connectivity index (χ0v) is 10.9. The third-order valence-electron chi connectivity index (χ3n) is 3.61. The molecule has 1 aromatic heterocycles. The monoisotopic (exact) mass is 229 g/mol. The van der Waals surface area contributed by atoms with Gasteiger partial charge in [-0.25, -0.2) is 0 Å². The van der Waals surface area contributed by atoms with Gasteiger partial charge in [-0.15, -0.1) is 0 Å². The van der Waals surface area contributed by atoms with Gasteiger partial charge in [0.25, 0.3) is 0 Å². The van der Waals surface area contributed by atoms with E-state index < -0.39 is 0 Å². The molecular weight excluding hydrogens is 210 g/mol. The first-order valence-corrected chi connectivity index (χ1v) is 5.88. The molecule has 2 aromatic rings. The summed E-state index contributed by atoms with van der Waals surface area (Å²) in [5, 5.41) is 9.29. The van der Waals surface area contributed by atoms with E-state index in [1.807, 2.05) is 14.0 Å². The van der Waals surface area contributed by atoms with Crippen LogP contribution in [0.5, 0.6) is 0 Å². The van der Waals surface area contributed by atoms with Crippen molar-refractivity contribution in [3.8, 4) is 11.3 Å². The average molecular weight is 229 g/mol. The molecule has 0 bridgehead atoms. The Balaban J connectivity index is 2.56. The molecule has 1 N–H and O–H groups in total.